The number of likely N-dealkylation sites (tertiary alicyclic amines) is 1. The number of ether oxygens (including phenoxy) is 2. The maximum atomic E-state index is 13.7. The number of hydrogen-bond donors (Lipinski definition) is 1. The number of carbonyl (C=O) groups excluding carboxylic acids is 1. The number of hydrogen-bond acceptors (Lipinski definition) is 4. The van der Waals surface area contributed by atoms with E-state index in [1.807, 2.05) is 0 Å². The molecule has 9 heteroatoms. The van der Waals surface area contributed by atoms with E-state index in [1.165, 1.54) is 0 Å². The highest BCUT2D eigenvalue weighted by atomic mass is 19.2. The molecule has 1 aromatic rings. The lowest BCUT2D eigenvalue weighted by Gasteiger charge is -2.26. The molecule has 1 aromatic carbocycles. The highest BCUT2D eigenvalue weighted by Gasteiger charge is 2.43. The van der Waals surface area contributed by atoms with Crippen molar-refractivity contribution in [3.63, 3.8) is 0 Å². The van der Waals surface area contributed by atoms with Crippen molar-refractivity contribution in [3.8, 4) is 5.75 Å². The molecule has 1 fully saturated rings. The van der Waals surface area contributed by atoms with Gasteiger partial charge in [-0.15, -0.1) is 0 Å². The number of carboxylic acid groups (broad SMARTS) is 1. The third-order valence-corrected chi connectivity index (χ3v) is 3.46. The molecule has 1 heterocycles. The van der Waals surface area contributed by atoms with Crippen LogP contribution in [0.25, 0.3) is 0 Å². The van der Waals surface area contributed by atoms with Crippen molar-refractivity contribution >= 4 is 12.1 Å². The summed E-state index contributed by atoms with van der Waals surface area (Å²) in [6.07, 6.45) is -2.13. The minimum absolute atomic E-state index is 0.218. The number of benzene rings is 1. The minimum atomic E-state index is -1.51. The first-order valence-electron chi connectivity index (χ1n) is 7.52. The SMILES string of the molecule is CC(C)(C)OC(=O)N1C[C@H](Oc2c(F)ccc(F)c2F)C[C@H]1C(=O)O. The van der Waals surface area contributed by atoms with Crippen LogP contribution in [-0.2, 0) is 9.53 Å². The van der Waals surface area contributed by atoms with Crippen LogP contribution in [0, 0.1) is 17.5 Å². The van der Waals surface area contributed by atoms with Crippen LogP contribution in [0.3, 0.4) is 0 Å². The van der Waals surface area contributed by atoms with E-state index >= 15 is 0 Å². The molecule has 2 rings (SSSR count). The predicted molar refractivity (Wildman–Crippen MR) is 79.7 cm³/mol. The Kier molecular flexibility index (Phi) is 5.15. The van der Waals surface area contributed by atoms with Gasteiger partial charge in [0, 0.05) is 6.42 Å². The van der Waals surface area contributed by atoms with E-state index in [1.54, 1.807) is 20.8 Å². The molecule has 0 spiro atoms. The molecule has 0 radical (unpaired) electrons. The lowest BCUT2D eigenvalue weighted by molar-refractivity contribution is -0.142. The second-order valence-corrected chi connectivity index (χ2v) is 6.63. The number of nitrogens with zero attached hydrogens (tertiary/aromatic N) is 1. The van der Waals surface area contributed by atoms with E-state index in [0.717, 1.165) is 4.90 Å². The summed E-state index contributed by atoms with van der Waals surface area (Å²) in [6.45, 7) is 4.58. The summed E-state index contributed by atoms with van der Waals surface area (Å²) in [4.78, 5) is 24.4. The van der Waals surface area contributed by atoms with Crippen LogP contribution in [0.2, 0.25) is 0 Å². The Bertz CT molecular complexity index is 689. The second kappa shape index (κ2) is 6.81. The van der Waals surface area contributed by atoms with Gasteiger partial charge in [0.15, 0.2) is 17.4 Å². The zero-order valence-corrected chi connectivity index (χ0v) is 13.9. The zero-order valence-electron chi connectivity index (χ0n) is 13.9. The lowest BCUT2D eigenvalue weighted by Crippen LogP contribution is -2.43. The van der Waals surface area contributed by atoms with Crippen molar-refractivity contribution in [2.75, 3.05) is 6.54 Å². The summed E-state index contributed by atoms with van der Waals surface area (Å²) in [5.41, 5.74) is -0.847. The van der Waals surface area contributed by atoms with Gasteiger partial charge >= 0.3 is 12.1 Å². The molecule has 1 amide bonds. The second-order valence-electron chi connectivity index (χ2n) is 6.63. The maximum Gasteiger partial charge on any atom is 0.411 e. The van der Waals surface area contributed by atoms with Crippen LogP contribution in [0.4, 0.5) is 18.0 Å². The van der Waals surface area contributed by atoms with Gasteiger partial charge in [-0.1, -0.05) is 0 Å². The first-order valence-corrected chi connectivity index (χ1v) is 7.52. The summed E-state index contributed by atoms with van der Waals surface area (Å²) >= 11 is 0. The average Bonchev–Trinajstić information content (AvgIpc) is 2.90. The number of carbonyl (C=O) groups is 2. The van der Waals surface area contributed by atoms with Gasteiger partial charge in [-0.2, -0.15) is 4.39 Å². The van der Waals surface area contributed by atoms with Crippen molar-refractivity contribution in [2.45, 2.75) is 44.9 Å². The van der Waals surface area contributed by atoms with Crippen LogP contribution < -0.4 is 4.74 Å². The van der Waals surface area contributed by atoms with Crippen LogP contribution in [0.15, 0.2) is 12.1 Å². The molecule has 1 aliphatic heterocycles. The van der Waals surface area contributed by atoms with E-state index in [-0.39, 0.29) is 13.0 Å². The molecule has 1 aliphatic rings. The largest absolute Gasteiger partial charge is 0.482 e. The summed E-state index contributed by atoms with van der Waals surface area (Å²) < 4.78 is 50.8. The summed E-state index contributed by atoms with van der Waals surface area (Å²) in [6, 6.07) is 0.0296. The first-order chi connectivity index (χ1) is 11.5. The minimum Gasteiger partial charge on any atom is -0.482 e. The smallest absolute Gasteiger partial charge is 0.411 e. The van der Waals surface area contributed by atoms with Gasteiger partial charge in [0.1, 0.15) is 17.7 Å². The Morgan fingerprint density at radius 2 is 1.80 bits per heavy atom. The Labute approximate surface area is 142 Å². The van der Waals surface area contributed by atoms with E-state index < -0.39 is 53.0 Å². The molecule has 0 aliphatic carbocycles. The summed E-state index contributed by atoms with van der Waals surface area (Å²) in [7, 11) is 0. The van der Waals surface area contributed by atoms with Gasteiger partial charge in [0.05, 0.1) is 6.54 Å². The molecule has 1 saturated heterocycles. The number of rotatable bonds is 3. The van der Waals surface area contributed by atoms with E-state index in [4.69, 9.17) is 9.47 Å². The highest BCUT2D eigenvalue weighted by Crippen LogP contribution is 2.29. The molecule has 6 nitrogen and oxygen atoms in total. The van der Waals surface area contributed by atoms with Gasteiger partial charge in [-0.05, 0) is 32.9 Å². The fraction of sp³-hybridized carbons (Fsp3) is 0.500. The molecule has 0 saturated carbocycles. The number of halogens is 3. The van der Waals surface area contributed by atoms with Gasteiger partial charge in [-0.25, -0.2) is 18.4 Å². The van der Waals surface area contributed by atoms with Gasteiger partial charge < -0.3 is 14.6 Å². The number of aliphatic carboxylic acids is 1. The third-order valence-electron chi connectivity index (χ3n) is 3.46. The molecule has 1 N–H and O–H groups in total. The Hall–Kier alpha value is -2.45. The van der Waals surface area contributed by atoms with E-state index in [0.29, 0.717) is 12.1 Å². The summed E-state index contributed by atoms with van der Waals surface area (Å²) in [5, 5.41) is 9.25. The van der Waals surface area contributed by atoms with Crippen LogP contribution in [-0.4, -0.2) is 46.4 Å². The van der Waals surface area contributed by atoms with Gasteiger partial charge in [-0.3, -0.25) is 4.90 Å². The predicted octanol–water partition coefficient (Wildman–Crippen LogP) is 2.95. The van der Waals surface area contributed by atoms with Gasteiger partial charge in [0.25, 0.3) is 0 Å². The standard InChI is InChI=1S/C16H18F3NO5/c1-16(2,3)25-15(23)20-7-8(6-11(20)14(21)22)24-13-10(18)5-4-9(17)12(13)19/h4-5,8,11H,6-7H2,1-3H3,(H,21,22)/t8-,11+/m1/s1. The topological polar surface area (TPSA) is 76.1 Å². The number of carboxylic acids is 1. The Morgan fingerprint density at radius 1 is 1.20 bits per heavy atom. The average molecular weight is 361 g/mol. The van der Waals surface area contributed by atoms with Crippen molar-refractivity contribution in [3.05, 3.63) is 29.6 Å². The quantitative estimate of drug-likeness (QED) is 0.838. The van der Waals surface area contributed by atoms with Crippen molar-refractivity contribution < 1.29 is 37.3 Å². The van der Waals surface area contributed by atoms with Gasteiger partial charge in [0.2, 0.25) is 5.82 Å². The monoisotopic (exact) mass is 361 g/mol. The van der Waals surface area contributed by atoms with E-state index in [9.17, 15) is 27.9 Å². The molecule has 0 unspecified atom stereocenters. The maximum absolute atomic E-state index is 13.7. The zero-order chi connectivity index (χ0) is 18.9. The fourth-order valence-corrected chi connectivity index (χ4v) is 2.42. The molecule has 25 heavy (non-hydrogen) atoms. The van der Waals surface area contributed by atoms with Crippen LogP contribution in [0.5, 0.6) is 5.75 Å². The molecule has 0 bridgehead atoms. The Balaban J connectivity index is 2.19. The Morgan fingerprint density at radius 3 is 2.36 bits per heavy atom. The van der Waals surface area contributed by atoms with Crippen LogP contribution in [0.1, 0.15) is 27.2 Å². The molecular weight excluding hydrogens is 343 g/mol. The van der Waals surface area contributed by atoms with Crippen LogP contribution >= 0.6 is 0 Å². The first kappa shape index (κ1) is 18.9. The number of amides is 1. The molecule has 2 atom stereocenters. The van der Waals surface area contributed by atoms with E-state index in [2.05, 4.69) is 0 Å². The highest BCUT2D eigenvalue weighted by molar-refractivity contribution is 5.81. The van der Waals surface area contributed by atoms with Crippen molar-refractivity contribution in [1.82, 2.24) is 4.90 Å². The lowest BCUT2D eigenvalue weighted by atomic mass is 10.2. The molecular formula is C16H18F3NO5. The molecule has 138 valence electrons. The third kappa shape index (κ3) is 4.34. The van der Waals surface area contributed by atoms with Crippen molar-refractivity contribution in [2.24, 2.45) is 0 Å². The summed E-state index contributed by atoms with van der Waals surface area (Å²) in [5.74, 6) is -6.19. The fourth-order valence-electron chi connectivity index (χ4n) is 2.42. The molecule has 0 aromatic heterocycles. The van der Waals surface area contributed by atoms with Crippen molar-refractivity contribution in [1.29, 1.82) is 0 Å². The normalized spacial score (nSPS) is 20.5.